The molecule has 9 nitrogen and oxygen atoms in total. The first-order valence-corrected chi connectivity index (χ1v) is 15.9. The fraction of sp³-hybridized carbons (Fsp3) is 0.375. The van der Waals surface area contributed by atoms with Gasteiger partial charge in [-0.25, -0.2) is 8.42 Å². The molecule has 2 amide bonds. The van der Waals surface area contributed by atoms with Crippen LogP contribution in [0.4, 0.5) is 5.69 Å². The van der Waals surface area contributed by atoms with E-state index in [1.807, 2.05) is 68.4 Å². The van der Waals surface area contributed by atoms with Crippen LogP contribution in [0.2, 0.25) is 0 Å². The highest BCUT2D eigenvalue weighted by Crippen LogP contribution is 2.35. The Morgan fingerprint density at radius 1 is 0.905 bits per heavy atom. The summed E-state index contributed by atoms with van der Waals surface area (Å²) in [6.45, 7) is 6.32. The molecular formula is C32H39N3O6S. The van der Waals surface area contributed by atoms with Gasteiger partial charge in [-0.1, -0.05) is 67.1 Å². The Morgan fingerprint density at radius 3 is 2.31 bits per heavy atom. The molecule has 10 heteroatoms. The molecule has 0 aliphatic carbocycles. The van der Waals surface area contributed by atoms with Crippen molar-refractivity contribution in [1.29, 1.82) is 0 Å². The Bertz CT molecular complexity index is 1480. The zero-order valence-corrected chi connectivity index (χ0v) is 25.2. The first kappa shape index (κ1) is 30.9. The molecule has 1 atom stereocenters. The zero-order chi connectivity index (χ0) is 30.1. The molecule has 0 bridgehead atoms. The fourth-order valence-electron chi connectivity index (χ4n) is 4.83. The number of amides is 2. The maximum atomic E-state index is 14.3. The zero-order valence-electron chi connectivity index (χ0n) is 24.4. The molecule has 1 N–H and O–H groups in total. The summed E-state index contributed by atoms with van der Waals surface area (Å²) >= 11 is 0. The second-order valence-electron chi connectivity index (χ2n) is 10.2. The lowest BCUT2D eigenvalue weighted by atomic mass is 10.0. The molecule has 42 heavy (non-hydrogen) atoms. The van der Waals surface area contributed by atoms with Gasteiger partial charge in [0.05, 0.1) is 11.4 Å². The first-order chi connectivity index (χ1) is 20.2. The van der Waals surface area contributed by atoms with E-state index in [2.05, 4.69) is 5.32 Å². The monoisotopic (exact) mass is 593 g/mol. The number of fused-ring (bicyclic) bond motifs is 1. The van der Waals surface area contributed by atoms with Crippen molar-refractivity contribution in [3.8, 4) is 11.5 Å². The quantitative estimate of drug-likeness (QED) is 0.320. The maximum absolute atomic E-state index is 14.3. The molecule has 1 aliphatic rings. The van der Waals surface area contributed by atoms with Crippen LogP contribution in [0.1, 0.15) is 37.0 Å². The van der Waals surface area contributed by atoms with Gasteiger partial charge in [-0.15, -0.1) is 0 Å². The summed E-state index contributed by atoms with van der Waals surface area (Å²) in [5.41, 5.74) is 3.04. The van der Waals surface area contributed by atoms with Gasteiger partial charge >= 0.3 is 0 Å². The Labute approximate surface area is 248 Å². The van der Waals surface area contributed by atoms with Gasteiger partial charge < -0.3 is 19.7 Å². The summed E-state index contributed by atoms with van der Waals surface area (Å²) < 4.78 is 39.1. The average Bonchev–Trinajstić information content (AvgIpc) is 3.00. The van der Waals surface area contributed by atoms with Gasteiger partial charge in [-0.2, -0.15) is 0 Å². The number of benzene rings is 3. The van der Waals surface area contributed by atoms with Gasteiger partial charge in [0.25, 0.3) is 0 Å². The van der Waals surface area contributed by atoms with E-state index in [9.17, 15) is 18.0 Å². The lowest BCUT2D eigenvalue weighted by Crippen LogP contribution is -2.53. The molecule has 224 valence electrons. The van der Waals surface area contributed by atoms with E-state index in [0.29, 0.717) is 36.9 Å². The van der Waals surface area contributed by atoms with Gasteiger partial charge in [0.15, 0.2) is 11.5 Å². The van der Waals surface area contributed by atoms with Crippen molar-refractivity contribution in [2.24, 2.45) is 0 Å². The Hall–Kier alpha value is -4.05. The number of nitrogens with one attached hydrogen (secondary N) is 1. The lowest BCUT2D eigenvalue weighted by Gasteiger charge is -2.34. The largest absolute Gasteiger partial charge is 0.486 e. The minimum absolute atomic E-state index is 0.138. The second kappa shape index (κ2) is 14.2. The predicted molar refractivity (Wildman–Crippen MR) is 163 cm³/mol. The van der Waals surface area contributed by atoms with Crippen molar-refractivity contribution in [1.82, 2.24) is 10.2 Å². The normalized spacial score (nSPS) is 13.2. The molecule has 3 aromatic rings. The molecule has 0 radical (unpaired) electrons. The summed E-state index contributed by atoms with van der Waals surface area (Å²) in [5, 5.41) is 2.95. The van der Waals surface area contributed by atoms with Crippen LogP contribution in [0.5, 0.6) is 11.5 Å². The van der Waals surface area contributed by atoms with Crippen molar-refractivity contribution in [2.45, 2.75) is 46.2 Å². The van der Waals surface area contributed by atoms with Gasteiger partial charge in [0.2, 0.25) is 21.8 Å². The summed E-state index contributed by atoms with van der Waals surface area (Å²) in [6.07, 6.45) is 1.01. The summed E-state index contributed by atoms with van der Waals surface area (Å²) in [4.78, 5) is 29.4. The molecule has 1 aliphatic heterocycles. The van der Waals surface area contributed by atoms with E-state index in [0.717, 1.165) is 27.4 Å². The standard InChI is InChI=1S/C32H39N3O6S/c1-4-16-33-32(37)28(20-25-11-7-6-8-12-25)34(22-26-13-9-10-24(3)19-26)31(36)23-35(42(38,39)5-2)27-14-15-29-30(21-27)41-18-17-40-29/h6-15,19,21,28H,4-5,16-18,20,22-23H2,1-3H3,(H,33,37). The molecule has 0 aromatic heterocycles. The number of hydrogen-bond donors (Lipinski definition) is 1. The number of hydrogen-bond acceptors (Lipinski definition) is 6. The molecular weight excluding hydrogens is 554 g/mol. The molecule has 4 rings (SSSR count). The molecule has 0 spiro atoms. The maximum Gasteiger partial charge on any atom is 0.244 e. The molecule has 0 fully saturated rings. The van der Waals surface area contributed by atoms with Crippen LogP contribution in [-0.2, 0) is 32.6 Å². The van der Waals surface area contributed by atoms with E-state index in [4.69, 9.17) is 9.47 Å². The number of carbonyl (C=O) groups excluding carboxylic acids is 2. The van der Waals surface area contributed by atoms with Crippen molar-refractivity contribution in [2.75, 3.05) is 36.4 Å². The molecule has 0 saturated carbocycles. The van der Waals surface area contributed by atoms with Crippen molar-refractivity contribution >= 4 is 27.5 Å². The molecule has 0 saturated heterocycles. The minimum Gasteiger partial charge on any atom is -0.486 e. The van der Waals surface area contributed by atoms with Crippen LogP contribution in [-0.4, -0.2) is 63.2 Å². The van der Waals surface area contributed by atoms with E-state index < -0.39 is 28.5 Å². The molecule has 1 heterocycles. The van der Waals surface area contributed by atoms with Gasteiger partial charge in [0, 0.05) is 25.6 Å². The lowest BCUT2D eigenvalue weighted by molar-refractivity contribution is -0.140. The third-order valence-electron chi connectivity index (χ3n) is 7.05. The topological polar surface area (TPSA) is 105 Å². The van der Waals surface area contributed by atoms with Gasteiger partial charge in [-0.05, 0) is 43.5 Å². The Morgan fingerprint density at radius 2 is 1.62 bits per heavy atom. The van der Waals surface area contributed by atoms with Crippen molar-refractivity contribution < 1.29 is 27.5 Å². The van der Waals surface area contributed by atoms with Crippen LogP contribution >= 0.6 is 0 Å². The average molecular weight is 594 g/mol. The summed E-state index contributed by atoms with van der Waals surface area (Å²) in [5.74, 6) is -0.0551. The number of ether oxygens (including phenoxy) is 2. The Kier molecular flexibility index (Phi) is 10.5. The van der Waals surface area contributed by atoms with Crippen LogP contribution in [0.3, 0.4) is 0 Å². The smallest absolute Gasteiger partial charge is 0.244 e. The minimum atomic E-state index is -3.88. The third-order valence-corrected chi connectivity index (χ3v) is 8.79. The predicted octanol–water partition coefficient (Wildman–Crippen LogP) is 4.09. The van der Waals surface area contributed by atoms with Crippen LogP contribution < -0.4 is 19.1 Å². The van der Waals surface area contributed by atoms with E-state index in [-0.39, 0.29) is 24.6 Å². The van der Waals surface area contributed by atoms with Gasteiger partial charge in [0.1, 0.15) is 25.8 Å². The van der Waals surface area contributed by atoms with Crippen LogP contribution in [0, 0.1) is 6.92 Å². The van der Waals surface area contributed by atoms with Crippen LogP contribution in [0.15, 0.2) is 72.8 Å². The molecule has 1 unspecified atom stereocenters. The highest BCUT2D eigenvalue weighted by atomic mass is 32.2. The SMILES string of the molecule is CCCNC(=O)C(Cc1ccccc1)N(Cc1cccc(C)c1)C(=O)CN(c1ccc2c(c1)OCCO2)S(=O)(=O)CC. The summed E-state index contributed by atoms with van der Waals surface area (Å²) in [7, 11) is -3.88. The molecule has 3 aromatic carbocycles. The highest BCUT2D eigenvalue weighted by Gasteiger charge is 2.34. The second-order valence-corrected chi connectivity index (χ2v) is 12.4. The van der Waals surface area contributed by atoms with Crippen molar-refractivity contribution in [3.63, 3.8) is 0 Å². The number of rotatable bonds is 13. The fourth-order valence-corrected chi connectivity index (χ4v) is 5.89. The highest BCUT2D eigenvalue weighted by molar-refractivity contribution is 7.92. The Balaban J connectivity index is 1.74. The van der Waals surface area contributed by atoms with Crippen LogP contribution in [0.25, 0.3) is 0 Å². The van der Waals surface area contributed by atoms with E-state index >= 15 is 0 Å². The number of nitrogens with zero attached hydrogens (tertiary/aromatic N) is 2. The number of sulfonamides is 1. The van der Waals surface area contributed by atoms with Crippen molar-refractivity contribution in [3.05, 3.63) is 89.5 Å². The third kappa shape index (κ3) is 7.82. The first-order valence-electron chi connectivity index (χ1n) is 14.3. The number of carbonyl (C=O) groups is 2. The number of anilines is 1. The van der Waals surface area contributed by atoms with E-state index in [1.165, 1.54) is 11.8 Å². The number of aryl methyl sites for hydroxylation is 1. The van der Waals surface area contributed by atoms with Gasteiger partial charge in [-0.3, -0.25) is 13.9 Å². The van der Waals surface area contributed by atoms with E-state index in [1.54, 1.807) is 18.2 Å². The summed E-state index contributed by atoms with van der Waals surface area (Å²) in [6, 6.07) is 21.2.